The number of hydrogen-bond acceptors (Lipinski definition) is 2. The molecule has 0 aliphatic carbocycles. The summed E-state index contributed by atoms with van der Waals surface area (Å²) in [7, 11) is 1.32. The zero-order valence-electron chi connectivity index (χ0n) is 6.84. The van der Waals surface area contributed by atoms with Crippen molar-refractivity contribution in [1.29, 1.82) is 0 Å². The summed E-state index contributed by atoms with van der Waals surface area (Å²) in [6.45, 7) is 1.71. The highest BCUT2D eigenvalue weighted by Gasteiger charge is 2.14. The molecule has 12 heavy (non-hydrogen) atoms. The van der Waals surface area contributed by atoms with Crippen molar-refractivity contribution in [3.8, 4) is 5.88 Å². The minimum Gasteiger partial charge on any atom is -0.481 e. The van der Waals surface area contributed by atoms with Crippen LogP contribution in [-0.4, -0.2) is 12.1 Å². The number of alkyl halides is 2. The van der Waals surface area contributed by atoms with Crippen molar-refractivity contribution in [3.63, 3.8) is 0 Å². The van der Waals surface area contributed by atoms with Gasteiger partial charge in [0.1, 0.15) is 0 Å². The molecule has 2 nitrogen and oxygen atoms in total. The van der Waals surface area contributed by atoms with Crippen LogP contribution in [0.2, 0.25) is 0 Å². The molecule has 0 aliphatic rings. The van der Waals surface area contributed by atoms with Crippen LogP contribution in [0.25, 0.3) is 0 Å². The van der Waals surface area contributed by atoms with Crippen LogP contribution in [-0.2, 0) is 0 Å². The van der Waals surface area contributed by atoms with Crippen molar-refractivity contribution in [3.05, 3.63) is 23.4 Å². The summed E-state index contributed by atoms with van der Waals surface area (Å²) in [6, 6.07) is 1.37. The Hall–Kier alpha value is -1.19. The summed E-state index contributed by atoms with van der Waals surface area (Å²) in [6.07, 6.45) is -1.04. The van der Waals surface area contributed by atoms with Crippen LogP contribution >= 0.6 is 0 Å². The number of ether oxygens (including phenoxy) is 1. The fraction of sp³-hybridized carbons (Fsp3) is 0.375. The van der Waals surface area contributed by atoms with Gasteiger partial charge in [-0.25, -0.2) is 13.8 Å². The number of hydrogen-bond donors (Lipinski definition) is 0. The summed E-state index contributed by atoms with van der Waals surface area (Å²) in [5.41, 5.74) is 0.545. The summed E-state index contributed by atoms with van der Waals surface area (Å²) in [5.74, 6) is -0.00407. The van der Waals surface area contributed by atoms with Crippen molar-refractivity contribution < 1.29 is 13.5 Å². The largest absolute Gasteiger partial charge is 0.481 e. The van der Waals surface area contributed by atoms with Crippen molar-refractivity contribution >= 4 is 0 Å². The first-order valence-electron chi connectivity index (χ1n) is 3.44. The molecular weight excluding hydrogens is 164 g/mol. The third-order valence-corrected chi connectivity index (χ3v) is 1.44. The second-order valence-corrected chi connectivity index (χ2v) is 2.41. The maximum atomic E-state index is 12.3. The highest BCUT2D eigenvalue weighted by atomic mass is 19.3. The van der Waals surface area contributed by atoms with Crippen LogP contribution in [0.1, 0.15) is 17.6 Å². The minimum atomic E-state index is -2.53. The van der Waals surface area contributed by atoms with Crippen LogP contribution in [0.5, 0.6) is 5.88 Å². The van der Waals surface area contributed by atoms with E-state index in [9.17, 15) is 8.78 Å². The van der Waals surface area contributed by atoms with Crippen LogP contribution in [0, 0.1) is 6.92 Å². The summed E-state index contributed by atoms with van der Waals surface area (Å²) in [5, 5.41) is 0. The standard InChI is InChI=1S/C8H9F2NO/c1-5-3-6(7(9)10)8(12-2)11-4-5/h3-4,7H,1-2H3. The van der Waals surface area contributed by atoms with E-state index in [1.807, 2.05) is 0 Å². The van der Waals surface area contributed by atoms with Gasteiger partial charge in [-0.15, -0.1) is 0 Å². The SMILES string of the molecule is COc1ncc(C)cc1C(F)F. The lowest BCUT2D eigenvalue weighted by molar-refractivity contribution is 0.146. The Morgan fingerprint density at radius 1 is 1.50 bits per heavy atom. The number of methoxy groups -OCH3 is 1. The Morgan fingerprint density at radius 3 is 2.67 bits per heavy atom. The normalized spacial score (nSPS) is 10.4. The molecule has 0 N–H and O–H groups in total. The van der Waals surface area contributed by atoms with Crippen molar-refractivity contribution in [1.82, 2.24) is 4.98 Å². The molecule has 0 atom stereocenters. The molecule has 0 saturated heterocycles. The van der Waals surface area contributed by atoms with Crippen LogP contribution in [0.4, 0.5) is 8.78 Å². The van der Waals surface area contributed by atoms with Gasteiger partial charge in [-0.2, -0.15) is 0 Å². The van der Waals surface area contributed by atoms with E-state index in [0.29, 0.717) is 5.56 Å². The van der Waals surface area contributed by atoms with Gasteiger partial charge in [0.2, 0.25) is 5.88 Å². The number of halogens is 2. The molecule has 1 aromatic rings. The second kappa shape index (κ2) is 3.47. The highest BCUT2D eigenvalue weighted by Crippen LogP contribution is 2.27. The lowest BCUT2D eigenvalue weighted by atomic mass is 10.2. The molecule has 0 saturated carbocycles. The second-order valence-electron chi connectivity index (χ2n) is 2.41. The molecular formula is C8H9F2NO. The first kappa shape index (κ1) is 8.90. The fourth-order valence-corrected chi connectivity index (χ4v) is 0.906. The molecule has 0 bridgehead atoms. The number of nitrogens with zero attached hydrogens (tertiary/aromatic N) is 1. The van der Waals surface area contributed by atoms with Gasteiger partial charge in [-0.3, -0.25) is 0 Å². The quantitative estimate of drug-likeness (QED) is 0.684. The molecule has 0 aromatic carbocycles. The summed E-state index contributed by atoms with van der Waals surface area (Å²) < 4.78 is 29.2. The number of pyridine rings is 1. The Labute approximate surface area is 69.2 Å². The average Bonchev–Trinajstić information content (AvgIpc) is 2.04. The van der Waals surface area contributed by atoms with Gasteiger partial charge >= 0.3 is 0 Å². The third kappa shape index (κ3) is 1.69. The lowest BCUT2D eigenvalue weighted by Gasteiger charge is -2.06. The van der Waals surface area contributed by atoms with Crippen LogP contribution < -0.4 is 4.74 Å². The Kier molecular flexibility index (Phi) is 2.58. The molecule has 4 heteroatoms. The zero-order valence-corrected chi connectivity index (χ0v) is 6.84. The third-order valence-electron chi connectivity index (χ3n) is 1.44. The molecule has 1 aromatic heterocycles. The average molecular weight is 173 g/mol. The van der Waals surface area contributed by atoms with Crippen molar-refractivity contribution in [2.24, 2.45) is 0 Å². The molecule has 66 valence electrons. The van der Waals surface area contributed by atoms with E-state index in [1.54, 1.807) is 6.92 Å². The van der Waals surface area contributed by atoms with Crippen LogP contribution in [0.3, 0.4) is 0 Å². The molecule has 0 unspecified atom stereocenters. The lowest BCUT2D eigenvalue weighted by Crippen LogP contribution is -1.95. The first-order chi connectivity index (χ1) is 5.65. The van der Waals surface area contributed by atoms with E-state index < -0.39 is 6.43 Å². The van der Waals surface area contributed by atoms with E-state index in [1.165, 1.54) is 19.4 Å². The predicted octanol–water partition coefficient (Wildman–Crippen LogP) is 2.34. The zero-order chi connectivity index (χ0) is 9.14. The van der Waals surface area contributed by atoms with Crippen LogP contribution in [0.15, 0.2) is 12.3 Å². The Balaban J connectivity index is 3.12. The Bertz CT molecular complexity index is 276. The van der Waals surface area contributed by atoms with Gasteiger partial charge in [0, 0.05) is 6.20 Å². The monoisotopic (exact) mass is 173 g/mol. The highest BCUT2D eigenvalue weighted by molar-refractivity contribution is 5.30. The molecule has 0 amide bonds. The van der Waals surface area contributed by atoms with Gasteiger partial charge in [0.05, 0.1) is 12.7 Å². The van der Waals surface area contributed by atoms with E-state index >= 15 is 0 Å². The molecule has 0 fully saturated rings. The topological polar surface area (TPSA) is 22.1 Å². The first-order valence-corrected chi connectivity index (χ1v) is 3.44. The predicted molar refractivity (Wildman–Crippen MR) is 40.5 cm³/mol. The fourth-order valence-electron chi connectivity index (χ4n) is 0.906. The smallest absolute Gasteiger partial charge is 0.269 e. The molecule has 1 rings (SSSR count). The molecule has 0 spiro atoms. The van der Waals surface area contributed by atoms with Gasteiger partial charge in [0.25, 0.3) is 6.43 Å². The maximum absolute atomic E-state index is 12.3. The van der Waals surface area contributed by atoms with Crippen molar-refractivity contribution in [2.75, 3.05) is 7.11 Å². The van der Waals surface area contributed by atoms with Crippen molar-refractivity contribution in [2.45, 2.75) is 13.3 Å². The minimum absolute atomic E-state index is 0.00407. The number of aromatic nitrogens is 1. The van der Waals surface area contributed by atoms with Gasteiger partial charge < -0.3 is 4.74 Å². The number of aryl methyl sites for hydroxylation is 1. The Morgan fingerprint density at radius 2 is 2.17 bits per heavy atom. The van der Waals surface area contributed by atoms with E-state index in [4.69, 9.17) is 0 Å². The molecule has 0 radical (unpaired) electrons. The molecule has 1 heterocycles. The van der Waals surface area contributed by atoms with Gasteiger partial charge in [-0.05, 0) is 18.6 Å². The van der Waals surface area contributed by atoms with E-state index in [2.05, 4.69) is 9.72 Å². The maximum Gasteiger partial charge on any atom is 0.269 e. The molecule has 0 aliphatic heterocycles. The summed E-state index contributed by atoms with van der Waals surface area (Å²) in [4.78, 5) is 3.72. The number of rotatable bonds is 2. The van der Waals surface area contributed by atoms with E-state index in [0.717, 1.165) is 0 Å². The van der Waals surface area contributed by atoms with E-state index in [-0.39, 0.29) is 11.4 Å². The van der Waals surface area contributed by atoms with Gasteiger partial charge in [0.15, 0.2) is 0 Å². The summed E-state index contributed by atoms with van der Waals surface area (Å²) >= 11 is 0. The van der Waals surface area contributed by atoms with Gasteiger partial charge in [-0.1, -0.05) is 0 Å².